The summed E-state index contributed by atoms with van der Waals surface area (Å²) in [6.07, 6.45) is 3.77. The van der Waals surface area contributed by atoms with Gasteiger partial charge in [-0.2, -0.15) is 0 Å². The lowest BCUT2D eigenvalue weighted by Gasteiger charge is -2.18. The molecular weight excluding hydrogens is 289 g/mol. The van der Waals surface area contributed by atoms with Crippen LogP contribution in [-0.4, -0.2) is 32.5 Å². The first-order valence-electron chi connectivity index (χ1n) is 7.67. The van der Waals surface area contributed by atoms with E-state index >= 15 is 0 Å². The summed E-state index contributed by atoms with van der Waals surface area (Å²) in [6, 6.07) is 7.18. The highest BCUT2D eigenvalue weighted by atomic mass is 32.2. The van der Waals surface area contributed by atoms with Crippen LogP contribution in [0, 0.1) is 11.7 Å². The minimum atomic E-state index is -2.94. The number of nitrogens with one attached hydrogen (secondary N) is 1. The van der Waals surface area contributed by atoms with Gasteiger partial charge in [-0.25, -0.2) is 12.8 Å². The third kappa shape index (κ3) is 6.14. The largest absolute Gasteiger partial charge is 0.314 e. The highest BCUT2D eigenvalue weighted by molar-refractivity contribution is 7.91. The molecule has 1 unspecified atom stereocenters. The summed E-state index contributed by atoms with van der Waals surface area (Å²) < 4.78 is 36.6. The van der Waals surface area contributed by atoms with E-state index in [4.69, 9.17) is 0 Å². The Bertz CT molecular complexity index is 555. The Kier molecular flexibility index (Phi) is 5.76. The average molecular weight is 313 g/mol. The van der Waals surface area contributed by atoms with E-state index in [1.54, 1.807) is 19.1 Å². The molecule has 1 fully saturated rings. The highest BCUT2D eigenvalue weighted by Crippen LogP contribution is 2.21. The molecule has 118 valence electrons. The van der Waals surface area contributed by atoms with Crippen LogP contribution < -0.4 is 5.32 Å². The molecular formula is C16H24FNO2S. The molecule has 1 aliphatic rings. The zero-order chi connectivity index (χ0) is 15.3. The quantitative estimate of drug-likeness (QED) is 0.762. The lowest BCUT2D eigenvalue weighted by atomic mass is 9.96. The van der Waals surface area contributed by atoms with Gasteiger partial charge in [0.2, 0.25) is 0 Å². The SMILES string of the molecule is CCS(=O)(=O)CCC(CNC1CC1)Cc1cccc(F)c1. The maximum absolute atomic E-state index is 13.3. The first-order chi connectivity index (χ1) is 9.98. The monoisotopic (exact) mass is 313 g/mol. The zero-order valence-electron chi connectivity index (χ0n) is 12.5. The van der Waals surface area contributed by atoms with Crippen LogP contribution in [0.5, 0.6) is 0 Å². The van der Waals surface area contributed by atoms with E-state index in [0.717, 1.165) is 18.5 Å². The fraction of sp³-hybridized carbons (Fsp3) is 0.625. The van der Waals surface area contributed by atoms with Crippen molar-refractivity contribution in [1.82, 2.24) is 5.32 Å². The number of hydrogen-bond donors (Lipinski definition) is 1. The van der Waals surface area contributed by atoms with Crippen molar-refractivity contribution in [2.75, 3.05) is 18.1 Å². The molecule has 0 spiro atoms. The zero-order valence-corrected chi connectivity index (χ0v) is 13.3. The van der Waals surface area contributed by atoms with Gasteiger partial charge in [-0.3, -0.25) is 0 Å². The van der Waals surface area contributed by atoms with Crippen molar-refractivity contribution in [2.24, 2.45) is 5.92 Å². The molecule has 0 heterocycles. The third-order valence-corrected chi connectivity index (χ3v) is 5.70. The number of halogens is 1. The van der Waals surface area contributed by atoms with Gasteiger partial charge in [0.05, 0.1) is 5.75 Å². The molecule has 2 rings (SSSR count). The summed E-state index contributed by atoms with van der Waals surface area (Å²) in [5.41, 5.74) is 0.937. The Balaban J connectivity index is 1.93. The van der Waals surface area contributed by atoms with Gasteiger partial charge < -0.3 is 5.32 Å². The average Bonchev–Trinajstić information content (AvgIpc) is 3.26. The molecule has 0 aliphatic heterocycles. The Morgan fingerprint density at radius 1 is 1.38 bits per heavy atom. The molecule has 3 nitrogen and oxygen atoms in total. The third-order valence-electron chi connectivity index (χ3n) is 3.96. The van der Waals surface area contributed by atoms with Gasteiger partial charge in [0.15, 0.2) is 0 Å². The summed E-state index contributed by atoms with van der Waals surface area (Å²) in [5.74, 6) is 0.405. The molecule has 1 saturated carbocycles. The minimum absolute atomic E-state index is 0.190. The molecule has 1 atom stereocenters. The van der Waals surface area contributed by atoms with Gasteiger partial charge in [-0.15, -0.1) is 0 Å². The van der Waals surface area contributed by atoms with Crippen molar-refractivity contribution < 1.29 is 12.8 Å². The van der Waals surface area contributed by atoms with Crippen LogP contribution in [0.2, 0.25) is 0 Å². The number of hydrogen-bond acceptors (Lipinski definition) is 3. The first-order valence-corrected chi connectivity index (χ1v) is 9.49. The van der Waals surface area contributed by atoms with E-state index < -0.39 is 9.84 Å². The molecule has 0 radical (unpaired) electrons. The molecule has 0 saturated heterocycles. The molecule has 5 heteroatoms. The van der Waals surface area contributed by atoms with Gasteiger partial charge in [0, 0.05) is 11.8 Å². The molecule has 0 bridgehead atoms. The summed E-state index contributed by atoms with van der Waals surface area (Å²) in [7, 11) is -2.94. The Hall–Kier alpha value is -0.940. The predicted molar refractivity (Wildman–Crippen MR) is 83.6 cm³/mol. The van der Waals surface area contributed by atoms with E-state index in [9.17, 15) is 12.8 Å². The lowest BCUT2D eigenvalue weighted by Crippen LogP contribution is -2.28. The number of benzene rings is 1. The Labute approximate surface area is 126 Å². The molecule has 1 aromatic rings. The van der Waals surface area contributed by atoms with Crippen LogP contribution >= 0.6 is 0 Å². The van der Waals surface area contributed by atoms with Crippen LogP contribution in [0.25, 0.3) is 0 Å². The van der Waals surface area contributed by atoms with Gasteiger partial charge in [0.25, 0.3) is 0 Å². The van der Waals surface area contributed by atoms with E-state index in [-0.39, 0.29) is 23.2 Å². The van der Waals surface area contributed by atoms with E-state index in [1.165, 1.54) is 18.9 Å². The molecule has 21 heavy (non-hydrogen) atoms. The standard InChI is InChI=1S/C16H24FNO2S/c1-2-21(19,20)9-8-14(12-18-16-6-7-16)10-13-4-3-5-15(17)11-13/h3-5,11,14,16,18H,2,6-10,12H2,1H3. The molecule has 1 N–H and O–H groups in total. The second kappa shape index (κ2) is 7.36. The fourth-order valence-corrected chi connectivity index (χ4v) is 3.37. The maximum Gasteiger partial charge on any atom is 0.150 e. The Morgan fingerprint density at radius 3 is 2.76 bits per heavy atom. The number of sulfone groups is 1. The highest BCUT2D eigenvalue weighted by Gasteiger charge is 2.22. The summed E-state index contributed by atoms with van der Waals surface area (Å²) in [6.45, 7) is 2.49. The Morgan fingerprint density at radius 2 is 2.14 bits per heavy atom. The topological polar surface area (TPSA) is 46.2 Å². The molecule has 0 aromatic heterocycles. The maximum atomic E-state index is 13.3. The van der Waals surface area contributed by atoms with Crippen molar-refractivity contribution in [2.45, 2.75) is 38.6 Å². The van der Waals surface area contributed by atoms with Gasteiger partial charge in [-0.1, -0.05) is 19.1 Å². The van der Waals surface area contributed by atoms with Crippen LogP contribution in [0.3, 0.4) is 0 Å². The van der Waals surface area contributed by atoms with Crippen molar-refractivity contribution in [3.05, 3.63) is 35.6 Å². The van der Waals surface area contributed by atoms with Crippen LogP contribution in [-0.2, 0) is 16.3 Å². The second-order valence-electron chi connectivity index (χ2n) is 5.91. The second-order valence-corrected chi connectivity index (χ2v) is 8.38. The van der Waals surface area contributed by atoms with E-state index in [2.05, 4.69) is 5.32 Å². The van der Waals surface area contributed by atoms with Gasteiger partial charge in [-0.05, 0) is 55.8 Å². The smallest absolute Gasteiger partial charge is 0.150 e. The normalized spacial score (nSPS) is 16.9. The molecule has 1 aromatic carbocycles. The number of rotatable bonds is 9. The van der Waals surface area contributed by atoms with E-state index in [1.807, 2.05) is 6.07 Å². The van der Waals surface area contributed by atoms with Crippen LogP contribution in [0.1, 0.15) is 31.7 Å². The molecule has 1 aliphatic carbocycles. The lowest BCUT2D eigenvalue weighted by molar-refractivity contribution is 0.456. The fourth-order valence-electron chi connectivity index (χ4n) is 2.38. The van der Waals surface area contributed by atoms with E-state index in [0.29, 0.717) is 12.5 Å². The summed E-state index contributed by atoms with van der Waals surface area (Å²) in [5, 5.41) is 3.46. The van der Waals surface area contributed by atoms with Gasteiger partial charge in [0.1, 0.15) is 15.7 Å². The minimum Gasteiger partial charge on any atom is -0.314 e. The predicted octanol–water partition coefficient (Wildman–Crippen LogP) is 2.56. The van der Waals surface area contributed by atoms with Crippen LogP contribution in [0.4, 0.5) is 4.39 Å². The summed E-state index contributed by atoms with van der Waals surface area (Å²) >= 11 is 0. The summed E-state index contributed by atoms with van der Waals surface area (Å²) in [4.78, 5) is 0. The first kappa shape index (κ1) is 16.4. The van der Waals surface area contributed by atoms with Crippen molar-refractivity contribution in [3.8, 4) is 0 Å². The van der Waals surface area contributed by atoms with Crippen LogP contribution in [0.15, 0.2) is 24.3 Å². The van der Waals surface area contributed by atoms with Crippen molar-refractivity contribution in [1.29, 1.82) is 0 Å². The van der Waals surface area contributed by atoms with Gasteiger partial charge >= 0.3 is 0 Å². The van der Waals surface area contributed by atoms with Crippen molar-refractivity contribution in [3.63, 3.8) is 0 Å². The molecule has 0 amide bonds. The van der Waals surface area contributed by atoms with Crippen molar-refractivity contribution >= 4 is 9.84 Å².